The molecular formula is C9H12BrFN2O. The van der Waals surface area contributed by atoms with E-state index in [2.05, 4.69) is 15.9 Å². The summed E-state index contributed by atoms with van der Waals surface area (Å²) in [5.41, 5.74) is 11.2. The lowest BCUT2D eigenvalue weighted by atomic mass is 9.93. The van der Waals surface area contributed by atoms with Crippen LogP contribution in [0.15, 0.2) is 16.6 Å². The van der Waals surface area contributed by atoms with Crippen molar-refractivity contribution in [1.29, 1.82) is 0 Å². The summed E-state index contributed by atoms with van der Waals surface area (Å²) in [6.45, 7) is 1.37. The zero-order valence-electron chi connectivity index (χ0n) is 7.72. The number of hydrogen-bond acceptors (Lipinski definition) is 3. The topological polar surface area (TPSA) is 72.3 Å². The summed E-state index contributed by atoms with van der Waals surface area (Å²) in [7, 11) is 0. The van der Waals surface area contributed by atoms with Crippen LogP contribution in [0, 0.1) is 5.82 Å². The molecule has 0 saturated heterocycles. The Hall–Kier alpha value is -0.650. The van der Waals surface area contributed by atoms with Crippen LogP contribution in [-0.4, -0.2) is 11.7 Å². The molecule has 0 unspecified atom stereocenters. The number of anilines is 1. The summed E-state index contributed by atoms with van der Waals surface area (Å²) in [5, 5.41) is 9.04. The van der Waals surface area contributed by atoms with E-state index in [1.165, 1.54) is 12.1 Å². The second-order valence-electron chi connectivity index (χ2n) is 3.43. The molecule has 0 amide bonds. The van der Waals surface area contributed by atoms with Crippen LogP contribution in [0.4, 0.5) is 10.1 Å². The number of halogens is 2. The van der Waals surface area contributed by atoms with Crippen molar-refractivity contribution >= 4 is 21.6 Å². The molecule has 0 bridgehead atoms. The third-order valence-corrected chi connectivity index (χ3v) is 2.64. The van der Waals surface area contributed by atoms with E-state index in [9.17, 15) is 4.39 Å². The maximum Gasteiger partial charge on any atom is 0.139 e. The highest BCUT2D eigenvalue weighted by Gasteiger charge is 2.23. The minimum atomic E-state index is -0.958. The minimum absolute atomic E-state index is 0.241. The van der Waals surface area contributed by atoms with Gasteiger partial charge < -0.3 is 16.6 Å². The molecule has 14 heavy (non-hydrogen) atoms. The maximum absolute atomic E-state index is 13.0. The Morgan fingerprint density at radius 2 is 2.14 bits per heavy atom. The molecule has 1 aromatic rings. The van der Waals surface area contributed by atoms with Gasteiger partial charge in [0.05, 0.1) is 16.6 Å². The number of nitrogens with two attached hydrogens (primary N) is 2. The fourth-order valence-electron chi connectivity index (χ4n) is 1.14. The molecule has 5 N–H and O–H groups in total. The van der Waals surface area contributed by atoms with E-state index in [-0.39, 0.29) is 16.8 Å². The molecule has 0 aliphatic heterocycles. The molecular weight excluding hydrogens is 251 g/mol. The van der Waals surface area contributed by atoms with Crippen LogP contribution in [0.5, 0.6) is 0 Å². The fourth-order valence-corrected chi connectivity index (χ4v) is 1.49. The normalized spacial score (nSPS) is 15.2. The first-order valence-corrected chi connectivity index (χ1v) is 4.82. The Morgan fingerprint density at radius 3 is 2.64 bits per heavy atom. The van der Waals surface area contributed by atoms with E-state index < -0.39 is 11.4 Å². The summed E-state index contributed by atoms with van der Waals surface area (Å²) in [4.78, 5) is 0. The first kappa shape index (κ1) is 11.4. The maximum atomic E-state index is 13.0. The smallest absolute Gasteiger partial charge is 0.139 e. The molecule has 0 aromatic heterocycles. The molecule has 0 aliphatic carbocycles. The van der Waals surface area contributed by atoms with Crippen LogP contribution in [0.1, 0.15) is 12.5 Å². The summed E-state index contributed by atoms with van der Waals surface area (Å²) in [6, 6.07) is 2.67. The average Bonchev–Trinajstić information content (AvgIpc) is 2.11. The van der Waals surface area contributed by atoms with Crippen molar-refractivity contribution in [1.82, 2.24) is 0 Å². The second kappa shape index (κ2) is 3.84. The van der Waals surface area contributed by atoms with Gasteiger partial charge in [-0.05, 0) is 40.5 Å². The second-order valence-corrected chi connectivity index (χ2v) is 4.28. The van der Waals surface area contributed by atoms with Crippen molar-refractivity contribution in [3.8, 4) is 0 Å². The number of nitrogen functional groups attached to an aromatic ring is 1. The van der Waals surface area contributed by atoms with Gasteiger partial charge in [0.2, 0.25) is 0 Å². The van der Waals surface area contributed by atoms with Gasteiger partial charge in [0.15, 0.2) is 0 Å². The van der Waals surface area contributed by atoms with Gasteiger partial charge in [-0.25, -0.2) is 4.39 Å². The van der Waals surface area contributed by atoms with E-state index in [1.54, 1.807) is 6.92 Å². The molecule has 5 heteroatoms. The van der Waals surface area contributed by atoms with Crippen LogP contribution in [0.2, 0.25) is 0 Å². The van der Waals surface area contributed by atoms with E-state index in [0.29, 0.717) is 5.56 Å². The molecule has 78 valence electrons. The first-order chi connectivity index (χ1) is 6.38. The molecule has 0 radical (unpaired) electrons. The minimum Gasteiger partial charge on any atom is -0.398 e. The van der Waals surface area contributed by atoms with Gasteiger partial charge >= 0.3 is 0 Å². The molecule has 0 fully saturated rings. The lowest BCUT2D eigenvalue weighted by Crippen LogP contribution is -2.37. The highest BCUT2D eigenvalue weighted by molar-refractivity contribution is 9.10. The molecule has 1 rings (SSSR count). The van der Waals surface area contributed by atoms with Crippen LogP contribution >= 0.6 is 15.9 Å². The Kier molecular flexibility index (Phi) is 3.14. The van der Waals surface area contributed by atoms with Crippen LogP contribution in [-0.2, 0) is 5.54 Å². The predicted molar refractivity (Wildman–Crippen MR) is 57.1 cm³/mol. The van der Waals surface area contributed by atoms with Crippen molar-refractivity contribution in [2.24, 2.45) is 5.73 Å². The molecule has 0 spiro atoms. The Balaban J connectivity index is 3.29. The number of hydrogen-bond donors (Lipinski definition) is 3. The molecule has 0 heterocycles. The van der Waals surface area contributed by atoms with Gasteiger partial charge in [-0.2, -0.15) is 0 Å². The van der Waals surface area contributed by atoms with Gasteiger partial charge in [0, 0.05) is 5.69 Å². The highest BCUT2D eigenvalue weighted by Crippen LogP contribution is 2.29. The fraction of sp³-hybridized carbons (Fsp3) is 0.333. The molecule has 3 nitrogen and oxygen atoms in total. The van der Waals surface area contributed by atoms with Crippen molar-refractivity contribution in [2.45, 2.75) is 12.5 Å². The van der Waals surface area contributed by atoms with Crippen LogP contribution < -0.4 is 11.5 Å². The SMILES string of the molecule is C[C@@](N)(CO)c1cc(Br)c(F)cc1N. The van der Waals surface area contributed by atoms with E-state index in [0.717, 1.165) is 0 Å². The summed E-state index contributed by atoms with van der Waals surface area (Å²) >= 11 is 3.03. The van der Waals surface area contributed by atoms with E-state index in [4.69, 9.17) is 16.6 Å². The molecule has 0 saturated carbocycles. The summed E-state index contributed by atoms with van der Waals surface area (Å²) < 4.78 is 13.3. The summed E-state index contributed by atoms with van der Waals surface area (Å²) in [5.74, 6) is -0.444. The third-order valence-electron chi connectivity index (χ3n) is 2.04. The van der Waals surface area contributed by atoms with Gasteiger partial charge in [-0.15, -0.1) is 0 Å². The lowest BCUT2D eigenvalue weighted by molar-refractivity contribution is 0.210. The quantitative estimate of drug-likeness (QED) is 0.705. The Morgan fingerprint density at radius 1 is 1.57 bits per heavy atom. The highest BCUT2D eigenvalue weighted by atomic mass is 79.9. The van der Waals surface area contributed by atoms with Crippen LogP contribution in [0.3, 0.4) is 0 Å². The van der Waals surface area contributed by atoms with Gasteiger partial charge in [-0.3, -0.25) is 0 Å². The van der Waals surface area contributed by atoms with Crippen LogP contribution in [0.25, 0.3) is 0 Å². The zero-order valence-corrected chi connectivity index (χ0v) is 9.31. The van der Waals surface area contributed by atoms with Gasteiger partial charge in [-0.1, -0.05) is 0 Å². The largest absolute Gasteiger partial charge is 0.398 e. The molecule has 1 atom stereocenters. The van der Waals surface area contributed by atoms with Crippen molar-refractivity contribution in [3.63, 3.8) is 0 Å². The standard InChI is InChI=1S/C9H12BrFN2O/c1-9(13,4-14)5-2-6(10)7(11)3-8(5)12/h2-3,14H,4,12-13H2,1H3/t9-/m1/s1. The Bertz CT molecular complexity index is 355. The van der Waals surface area contributed by atoms with E-state index in [1.807, 2.05) is 0 Å². The third kappa shape index (κ3) is 2.05. The predicted octanol–water partition coefficient (Wildman–Crippen LogP) is 1.34. The number of aliphatic hydroxyl groups excluding tert-OH is 1. The van der Waals surface area contributed by atoms with Crippen molar-refractivity contribution < 1.29 is 9.50 Å². The van der Waals surface area contributed by atoms with Crippen molar-refractivity contribution in [2.75, 3.05) is 12.3 Å². The zero-order chi connectivity index (χ0) is 10.9. The molecule has 1 aromatic carbocycles. The molecule has 0 aliphatic rings. The number of rotatable bonds is 2. The first-order valence-electron chi connectivity index (χ1n) is 4.03. The van der Waals surface area contributed by atoms with E-state index >= 15 is 0 Å². The van der Waals surface area contributed by atoms with Gasteiger partial charge in [0.25, 0.3) is 0 Å². The van der Waals surface area contributed by atoms with Gasteiger partial charge in [0.1, 0.15) is 5.82 Å². The summed E-state index contributed by atoms with van der Waals surface area (Å²) in [6.07, 6.45) is 0. The lowest BCUT2D eigenvalue weighted by Gasteiger charge is -2.24. The van der Waals surface area contributed by atoms with Crippen molar-refractivity contribution in [3.05, 3.63) is 28.0 Å². The monoisotopic (exact) mass is 262 g/mol. The Labute approximate surface area is 90.0 Å². The number of aliphatic hydroxyl groups is 1. The number of benzene rings is 1. The average molecular weight is 263 g/mol.